The van der Waals surface area contributed by atoms with Crippen LogP contribution in [-0.4, -0.2) is 43.5 Å². The van der Waals surface area contributed by atoms with Crippen molar-refractivity contribution in [3.05, 3.63) is 59.4 Å². The van der Waals surface area contributed by atoms with Crippen LogP contribution in [0.1, 0.15) is 42.7 Å². The van der Waals surface area contributed by atoms with Crippen molar-refractivity contribution in [1.29, 1.82) is 5.26 Å². The summed E-state index contributed by atoms with van der Waals surface area (Å²) in [5.74, 6) is 0.617. The average molecular weight is 474 g/mol. The molecule has 2 unspecified atom stereocenters. The first-order chi connectivity index (χ1) is 16.3. The third-order valence-electron chi connectivity index (χ3n) is 7.84. The van der Waals surface area contributed by atoms with Crippen molar-refractivity contribution in [3.8, 4) is 11.8 Å². The van der Waals surface area contributed by atoms with Crippen LogP contribution < -0.4 is 9.64 Å². The lowest BCUT2D eigenvalue weighted by Crippen LogP contribution is -2.50. The number of nitriles is 1. The van der Waals surface area contributed by atoms with Crippen LogP contribution in [0.25, 0.3) is 0 Å². The van der Waals surface area contributed by atoms with E-state index in [1.807, 2.05) is 6.07 Å². The number of benzene rings is 2. The Hall–Kier alpha value is -2.79. The molecule has 4 nitrogen and oxygen atoms in total. The minimum absolute atomic E-state index is 0.0609. The molecule has 0 spiro atoms. The molecule has 0 N–H and O–H groups in total. The first kappa shape index (κ1) is 23.0. The van der Waals surface area contributed by atoms with Gasteiger partial charge in [0, 0.05) is 37.9 Å². The van der Waals surface area contributed by atoms with Gasteiger partial charge in [0.05, 0.1) is 5.56 Å². The molecule has 2 aromatic carbocycles. The minimum atomic E-state index is -4.68. The van der Waals surface area contributed by atoms with Gasteiger partial charge in [-0.25, -0.2) is 4.39 Å². The van der Waals surface area contributed by atoms with Crippen LogP contribution in [0.5, 0.6) is 5.75 Å². The number of rotatable bonds is 4. The summed E-state index contributed by atoms with van der Waals surface area (Å²) in [7, 11) is 0. The monoisotopic (exact) mass is 473 g/mol. The zero-order valence-electron chi connectivity index (χ0n) is 18.8. The van der Waals surface area contributed by atoms with Gasteiger partial charge in [0.15, 0.2) is 0 Å². The fourth-order valence-electron chi connectivity index (χ4n) is 6.31. The Morgan fingerprint density at radius 3 is 2.21 bits per heavy atom. The summed E-state index contributed by atoms with van der Waals surface area (Å²) >= 11 is 0. The van der Waals surface area contributed by atoms with Crippen molar-refractivity contribution in [1.82, 2.24) is 4.90 Å². The van der Waals surface area contributed by atoms with E-state index in [1.54, 1.807) is 24.3 Å². The van der Waals surface area contributed by atoms with Crippen molar-refractivity contribution < 1.29 is 22.3 Å². The lowest BCUT2D eigenvalue weighted by molar-refractivity contribution is -0.275. The SMILES string of the molecule is N#Cc1ccc(N2CCN(C3CC4CC(c5ccccc5OC(F)(F)F)CC4C3)CC2)cc1F. The molecule has 3 aliphatic rings. The second-order valence-electron chi connectivity index (χ2n) is 9.70. The number of para-hydroxylation sites is 1. The maximum absolute atomic E-state index is 14.0. The van der Waals surface area contributed by atoms with Crippen LogP contribution in [0.3, 0.4) is 0 Å². The Bertz CT molecular complexity index is 1060. The Balaban J connectivity index is 1.16. The second kappa shape index (κ2) is 9.10. The highest BCUT2D eigenvalue weighted by atomic mass is 19.4. The first-order valence-electron chi connectivity index (χ1n) is 11.8. The predicted octanol–water partition coefficient (Wildman–Crippen LogP) is 5.69. The Morgan fingerprint density at radius 1 is 0.912 bits per heavy atom. The maximum Gasteiger partial charge on any atom is 0.573 e. The van der Waals surface area contributed by atoms with Crippen LogP contribution in [0.2, 0.25) is 0 Å². The fraction of sp³-hybridized carbons (Fsp3) is 0.500. The molecule has 2 aliphatic carbocycles. The summed E-state index contributed by atoms with van der Waals surface area (Å²) < 4.78 is 56.8. The number of fused-ring (bicyclic) bond motifs is 1. The Morgan fingerprint density at radius 2 is 1.59 bits per heavy atom. The molecule has 2 saturated carbocycles. The van der Waals surface area contributed by atoms with E-state index in [2.05, 4.69) is 14.5 Å². The van der Waals surface area contributed by atoms with Crippen LogP contribution >= 0.6 is 0 Å². The average Bonchev–Trinajstić information content (AvgIpc) is 3.38. The molecular weight excluding hydrogens is 446 g/mol. The largest absolute Gasteiger partial charge is 0.573 e. The van der Waals surface area contributed by atoms with Crippen molar-refractivity contribution in [2.45, 2.75) is 44.0 Å². The summed E-state index contributed by atoms with van der Waals surface area (Å²) in [6, 6.07) is 13.7. The van der Waals surface area contributed by atoms with E-state index in [4.69, 9.17) is 5.26 Å². The number of piperazine rings is 1. The maximum atomic E-state index is 14.0. The van der Waals surface area contributed by atoms with Gasteiger partial charge >= 0.3 is 6.36 Å². The minimum Gasteiger partial charge on any atom is -0.405 e. The molecule has 0 aromatic heterocycles. The highest BCUT2D eigenvalue weighted by molar-refractivity contribution is 5.51. The number of alkyl halides is 3. The van der Waals surface area contributed by atoms with Crippen molar-refractivity contribution in [2.24, 2.45) is 11.8 Å². The van der Waals surface area contributed by atoms with Gasteiger partial charge in [-0.05, 0) is 73.3 Å². The molecule has 1 heterocycles. The molecule has 0 bridgehead atoms. The molecule has 1 aliphatic heterocycles. The van der Waals surface area contributed by atoms with E-state index in [0.29, 0.717) is 23.4 Å². The summed E-state index contributed by atoms with van der Waals surface area (Å²) in [5, 5.41) is 8.92. The van der Waals surface area contributed by atoms with Gasteiger partial charge in [0.25, 0.3) is 0 Å². The number of anilines is 1. The lowest BCUT2D eigenvalue weighted by atomic mass is 9.93. The van der Waals surface area contributed by atoms with E-state index in [0.717, 1.165) is 57.5 Å². The number of nitrogens with zero attached hydrogens (tertiary/aromatic N) is 3. The molecule has 34 heavy (non-hydrogen) atoms. The molecule has 2 atom stereocenters. The summed E-state index contributed by atoms with van der Waals surface area (Å²) in [5.41, 5.74) is 1.54. The molecule has 3 fully saturated rings. The molecule has 5 rings (SSSR count). The van der Waals surface area contributed by atoms with E-state index in [-0.39, 0.29) is 17.2 Å². The van der Waals surface area contributed by atoms with Gasteiger partial charge in [0.1, 0.15) is 17.6 Å². The molecular formula is C26H27F4N3O. The zero-order valence-corrected chi connectivity index (χ0v) is 18.8. The highest BCUT2D eigenvalue weighted by Gasteiger charge is 2.45. The van der Waals surface area contributed by atoms with Gasteiger partial charge in [-0.3, -0.25) is 4.90 Å². The number of ether oxygens (including phenoxy) is 1. The summed E-state index contributed by atoms with van der Waals surface area (Å²) in [6.45, 7) is 3.42. The topological polar surface area (TPSA) is 39.5 Å². The van der Waals surface area contributed by atoms with Crippen molar-refractivity contribution in [3.63, 3.8) is 0 Å². The van der Waals surface area contributed by atoms with E-state index >= 15 is 0 Å². The molecule has 180 valence electrons. The number of halogens is 4. The highest BCUT2D eigenvalue weighted by Crippen LogP contribution is 2.53. The van der Waals surface area contributed by atoms with Crippen LogP contribution in [0.15, 0.2) is 42.5 Å². The molecule has 1 saturated heterocycles. The molecule has 2 aromatic rings. The molecule has 0 radical (unpaired) electrons. The Labute approximate surface area is 196 Å². The summed E-state index contributed by atoms with van der Waals surface area (Å²) in [6.07, 6.45) is -0.709. The quantitative estimate of drug-likeness (QED) is 0.535. The number of hydrogen-bond donors (Lipinski definition) is 0. The van der Waals surface area contributed by atoms with Crippen molar-refractivity contribution >= 4 is 5.69 Å². The first-order valence-corrected chi connectivity index (χ1v) is 11.8. The third kappa shape index (κ3) is 4.72. The fourth-order valence-corrected chi connectivity index (χ4v) is 6.31. The normalized spacial score (nSPS) is 27.4. The molecule has 0 amide bonds. The van der Waals surface area contributed by atoms with Crippen LogP contribution in [0.4, 0.5) is 23.2 Å². The van der Waals surface area contributed by atoms with Crippen LogP contribution in [0, 0.1) is 29.0 Å². The predicted molar refractivity (Wildman–Crippen MR) is 120 cm³/mol. The molecule has 8 heteroatoms. The Kier molecular flexibility index (Phi) is 6.15. The van der Waals surface area contributed by atoms with E-state index in [1.165, 1.54) is 18.2 Å². The van der Waals surface area contributed by atoms with Gasteiger partial charge in [-0.15, -0.1) is 13.2 Å². The van der Waals surface area contributed by atoms with Crippen molar-refractivity contribution in [2.75, 3.05) is 31.1 Å². The smallest absolute Gasteiger partial charge is 0.405 e. The van der Waals surface area contributed by atoms with Gasteiger partial charge in [-0.2, -0.15) is 5.26 Å². The van der Waals surface area contributed by atoms with E-state index < -0.39 is 12.2 Å². The number of hydrogen-bond acceptors (Lipinski definition) is 4. The van der Waals surface area contributed by atoms with E-state index in [9.17, 15) is 17.6 Å². The van der Waals surface area contributed by atoms with Gasteiger partial charge in [0.2, 0.25) is 0 Å². The van der Waals surface area contributed by atoms with Crippen LogP contribution in [-0.2, 0) is 0 Å². The van der Waals surface area contributed by atoms with Gasteiger partial charge < -0.3 is 9.64 Å². The standard InChI is InChI=1S/C26H27F4N3O/c27-24-15-21(6-5-17(24)16-31)32-7-9-33(10-8-32)22-13-18-11-20(12-19(18)14-22)23-3-1-2-4-25(23)34-26(28,29)30/h1-6,15,18-20,22H,7-14H2. The zero-order chi connectivity index (χ0) is 23.9. The second-order valence-corrected chi connectivity index (χ2v) is 9.70. The van der Waals surface area contributed by atoms with Gasteiger partial charge in [-0.1, -0.05) is 18.2 Å². The summed E-state index contributed by atoms with van der Waals surface area (Å²) in [4.78, 5) is 4.68. The third-order valence-corrected chi connectivity index (χ3v) is 7.84. The lowest BCUT2D eigenvalue weighted by Gasteiger charge is -2.39.